The van der Waals surface area contributed by atoms with Gasteiger partial charge in [-0.1, -0.05) is 17.7 Å². The van der Waals surface area contributed by atoms with E-state index in [1.54, 1.807) is 19.1 Å². The summed E-state index contributed by atoms with van der Waals surface area (Å²) in [5, 5.41) is 0. The van der Waals surface area contributed by atoms with Gasteiger partial charge in [0.2, 0.25) is 0 Å². The van der Waals surface area contributed by atoms with Gasteiger partial charge in [-0.3, -0.25) is 0 Å². The summed E-state index contributed by atoms with van der Waals surface area (Å²) in [6.45, 7) is 1.74. The van der Waals surface area contributed by atoms with Crippen molar-refractivity contribution in [3.8, 4) is 0 Å². The van der Waals surface area contributed by atoms with Gasteiger partial charge >= 0.3 is 6.18 Å². The minimum absolute atomic E-state index is 0.137. The Hall–Kier alpha value is -0.300. The van der Waals surface area contributed by atoms with Crippen LogP contribution in [0.4, 0.5) is 13.2 Å². The molecule has 1 nitrogen and oxygen atoms in total. The molecule has 0 amide bonds. The van der Waals surface area contributed by atoms with Gasteiger partial charge in [0.05, 0.1) is 0 Å². The van der Waals surface area contributed by atoms with E-state index in [1.807, 2.05) is 22.6 Å². The predicted molar refractivity (Wildman–Crippen MR) is 56.9 cm³/mol. The Morgan fingerprint density at radius 3 is 2.43 bits per heavy atom. The molecule has 0 aromatic heterocycles. The average Bonchev–Trinajstić information content (AvgIpc) is 2.06. The first kappa shape index (κ1) is 11.8. The molecule has 0 unspecified atom stereocenters. The number of nitrogens with two attached hydrogens (primary N) is 1. The highest BCUT2D eigenvalue weighted by molar-refractivity contribution is 14.1. The fraction of sp³-hybridized carbons (Fsp3) is 0.333. The maximum atomic E-state index is 12.3. The summed E-state index contributed by atoms with van der Waals surface area (Å²) < 4.78 is 37.5. The highest BCUT2D eigenvalue weighted by Crippen LogP contribution is 2.33. The van der Waals surface area contributed by atoms with Crippen LogP contribution in [0.5, 0.6) is 0 Å². The molecule has 0 saturated carbocycles. The molecule has 5 heteroatoms. The summed E-state index contributed by atoms with van der Waals surface area (Å²) in [5.41, 5.74) is 6.03. The molecular weight excluding hydrogens is 306 g/mol. The molecule has 0 aliphatic carbocycles. The lowest BCUT2D eigenvalue weighted by atomic mass is 10.1. The molecule has 1 atom stereocenters. The molecule has 0 fully saturated rings. The molecule has 0 spiro atoms. The van der Waals surface area contributed by atoms with E-state index in [4.69, 9.17) is 5.73 Å². The van der Waals surface area contributed by atoms with Gasteiger partial charge in [-0.15, -0.1) is 0 Å². The Labute approximate surface area is 93.6 Å². The summed E-state index contributed by atoms with van der Waals surface area (Å²) in [6, 6.07) is 2.97. The Morgan fingerprint density at radius 2 is 1.93 bits per heavy atom. The van der Waals surface area contributed by atoms with Gasteiger partial charge in [-0.05, 0) is 41.1 Å². The number of halogens is 4. The standard InChI is InChI=1S/C9H9F3IN/c1-5-2-3-7(13)6(4-5)8(14)9(10,11)12/h2-4,8H,14H2,1H3/t8-/m0/s1. The van der Waals surface area contributed by atoms with E-state index in [-0.39, 0.29) is 5.56 Å². The van der Waals surface area contributed by atoms with Crippen molar-refractivity contribution in [1.82, 2.24) is 0 Å². The number of hydrogen-bond donors (Lipinski definition) is 1. The molecule has 78 valence electrons. The smallest absolute Gasteiger partial charge is 0.316 e. The average molecular weight is 315 g/mol. The number of benzene rings is 1. The lowest BCUT2D eigenvalue weighted by Crippen LogP contribution is -2.29. The van der Waals surface area contributed by atoms with Crippen LogP contribution in [0.15, 0.2) is 18.2 Å². The minimum atomic E-state index is -4.38. The van der Waals surface area contributed by atoms with Crippen LogP contribution in [-0.2, 0) is 0 Å². The summed E-state index contributed by atoms with van der Waals surface area (Å²) in [4.78, 5) is 0. The summed E-state index contributed by atoms with van der Waals surface area (Å²) >= 11 is 1.85. The van der Waals surface area contributed by atoms with Crippen molar-refractivity contribution in [2.45, 2.75) is 19.1 Å². The fourth-order valence-corrected chi connectivity index (χ4v) is 1.75. The Morgan fingerprint density at radius 1 is 1.36 bits per heavy atom. The van der Waals surface area contributed by atoms with E-state index in [2.05, 4.69) is 0 Å². The van der Waals surface area contributed by atoms with E-state index >= 15 is 0 Å². The zero-order chi connectivity index (χ0) is 10.9. The van der Waals surface area contributed by atoms with Crippen LogP contribution < -0.4 is 5.73 Å². The van der Waals surface area contributed by atoms with Crippen molar-refractivity contribution in [3.05, 3.63) is 32.9 Å². The second-order valence-electron chi connectivity index (χ2n) is 3.04. The lowest BCUT2D eigenvalue weighted by Gasteiger charge is -2.17. The van der Waals surface area contributed by atoms with Crippen molar-refractivity contribution >= 4 is 22.6 Å². The molecule has 1 rings (SSSR count). The van der Waals surface area contributed by atoms with Crippen LogP contribution >= 0.6 is 22.6 Å². The molecular formula is C9H9F3IN. The second kappa shape index (κ2) is 4.06. The first-order valence-electron chi connectivity index (χ1n) is 3.90. The summed E-state index contributed by atoms with van der Waals surface area (Å²) in [6.07, 6.45) is -4.38. The lowest BCUT2D eigenvalue weighted by molar-refractivity contribution is -0.149. The first-order valence-corrected chi connectivity index (χ1v) is 4.98. The minimum Gasteiger partial charge on any atom is -0.316 e. The van der Waals surface area contributed by atoms with Gasteiger partial charge in [0.15, 0.2) is 0 Å². The van der Waals surface area contributed by atoms with Crippen molar-refractivity contribution in [3.63, 3.8) is 0 Å². The van der Waals surface area contributed by atoms with Crippen molar-refractivity contribution in [2.24, 2.45) is 5.73 Å². The second-order valence-corrected chi connectivity index (χ2v) is 4.21. The number of alkyl halides is 3. The third-order valence-corrected chi connectivity index (χ3v) is 2.82. The van der Waals surface area contributed by atoms with Gasteiger partial charge in [-0.2, -0.15) is 13.2 Å². The van der Waals surface area contributed by atoms with Gasteiger partial charge in [0, 0.05) is 3.57 Å². The molecule has 14 heavy (non-hydrogen) atoms. The van der Waals surface area contributed by atoms with Crippen LogP contribution in [-0.4, -0.2) is 6.18 Å². The zero-order valence-corrected chi connectivity index (χ0v) is 9.56. The van der Waals surface area contributed by atoms with E-state index in [0.29, 0.717) is 3.57 Å². The summed E-state index contributed by atoms with van der Waals surface area (Å²) in [7, 11) is 0. The highest BCUT2D eigenvalue weighted by atomic mass is 127. The van der Waals surface area contributed by atoms with Gasteiger partial charge in [0.1, 0.15) is 6.04 Å². The monoisotopic (exact) mass is 315 g/mol. The zero-order valence-electron chi connectivity index (χ0n) is 7.40. The van der Waals surface area contributed by atoms with Crippen molar-refractivity contribution in [2.75, 3.05) is 0 Å². The molecule has 1 aromatic carbocycles. The first-order chi connectivity index (χ1) is 6.32. The Balaban J connectivity index is 3.12. The van der Waals surface area contributed by atoms with Crippen LogP contribution in [0, 0.1) is 10.5 Å². The van der Waals surface area contributed by atoms with E-state index in [0.717, 1.165) is 5.56 Å². The van der Waals surface area contributed by atoms with Crippen LogP contribution in [0.3, 0.4) is 0 Å². The van der Waals surface area contributed by atoms with Crippen molar-refractivity contribution in [1.29, 1.82) is 0 Å². The van der Waals surface area contributed by atoms with E-state index in [1.165, 1.54) is 6.07 Å². The molecule has 0 aliphatic rings. The van der Waals surface area contributed by atoms with Gasteiger partial charge < -0.3 is 5.73 Å². The molecule has 2 N–H and O–H groups in total. The number of aryl methyl sites for hydroxylation is 1. The fourth-order valence-electron chi connectivity index (χ4n) is 1.08. The van der Waals surface area contributed by atoms with Crippen LogP contribution in [0.25, 0.3) is 0 Å². The van der Waals surface area contributed by atoms with Gasteiger partial charge in [0.25, 0.3) is 0 Å². The molecule has 0 aliphatic heterocycles. The van der Waals surface area contributed by atoms with Gasteiger partial charge in [-0.25, -0.2) is 0 Å². The number of rotatable bonds is 1. The Bertz CT molecular complexity index is 335. The van der Waals surface area contributed by atoms with Crippen LogP contribution in [0.1, 0.15) is 17.2 Å². The van der Waals surface area contributed by atoms with E-state index in [9.17, 15) is 13.2 Å². The molecule has 0 saturated heterocycles. The topological polar surface area (TPSA) is 26.0 Å². The third-order valence-electron chi connectivity index (χ3n) is 1.84. The Kier molecular flexibility index (Phi) is 3.41. The van der Waals surface area contributed by atoms with Crippen LogP contribution in [0.2, 0.25) is 0 Å². The van der Waals surface area contributed by atoms with E-state index < -0.39 is 12.2 Å². The van der Waals surface area contributed by atoms with Crippen molar-refractivity contribution < 1.29 is 13.2 Å². The maximum Gasteiger partial charge on any atom is 0.407 e. The molecule has 0 radical (unpaired) electrons. The normalized spacial score (nSPS) is 14.1. The maximum absolute atomic E-state index is 12.3. The summed E-state index contributed by atoms with van der Waals surface area (Å²) in [5.74, 6) is 0. The molecule has 1 aromatic rings. The third kappa shape index (κ3) is 2.60. The quantitative estimate of drug-likeness (QED) is 0.792. The number of hydrogen-bond acceptors (Lipinski definition) is 1. The predicted octanol–water partition coefficient (Wildman–Crippen LogP) is 3.16. The SMILES string of the molecule is Cc1ccc(I)c([C@H](N)C(F)(F)F)c1. The molecule has 0 bridgehead atoms. The molecule has 0 heterocycles. The largest absolute Gasteiger partial charge is 0.407 e. The highest BCUT2D eigenvalue weighted by Gasteiger charge is 2.38.